The van der Waals surface area contributed by atoms with Crippen molar-refractivity contribution in [2.24, 2.45) is 16.5 Å². The molecular weight excluding hydrogens is 359 g/mol. The lowest BCUT2D eigenvalue weighted by molar-refractivity contribution is -0.162. The van der Waals surface area contributed by atoms with Crippen LogP contribution in [0.1, 0.15) is 51.0 Å². The van der Waals surface area contributed by atoms with Crippen LogP contribution in [-0.2, 0) is 14.4 Å². The van der Waals surface area contributed by atoms with E-state index in [0.717, 1.165) is 38.4 Å². The van der Waals surface area contributed by atoms with Crippen LogP contribution in [0.3, 0.4) is 0 Å². The van der Waals surface area contributed by atoms with Crippen molar-refractivity contribution in [1.29, 1.82) is 0 Å². The van der Waals surface area contributed by atoms with E-state index in [0.29, 0.717) is 30.7 Å². The van der Waals surface area contributed by atoms with E-state index < -0.39 is 5.41 Å². The lowest BCUT2D eigenvalue weighted by Crippen LogP contribution is -2.50. The fourth-order valence-corrected chi connectivity index (χ4v) is 4.58. The second-order valence-electron chi connectivity index (χ2n) is 8.44. The maximum Gasteiger partial charge on any atom is 0.313 e. The van der Waals surface area contributed by atoms with Gasteiger partial charge in [-0.25, -0.2) is 4.39 Å². The number of esters is 1. The van der Waals surface area contributed by atoms with Crippen LogP contribution in [0.5, 0.6) is 0 Å². The van der Waals surface area contributed by atoms with E-state index in [9.17, 15) is 9.18 Å². The minimum absolute atomic E-state index is 0.126. The second kappa shape index (κ2) is 8.19. The highest BCUT2D eigenvalue weighted by Crippen LogP contribution is 2.40. The molecule has 6 heteroatoms. The molecule has 1 saturated carbocycles. The first-order valence-corrected chi connectivity index (χ1v) is 10.5. The topological polar surface area (TPSA) is 51.1 Å². The van der Waals surface area contributed by atoms with Gasteiger partial charge in [0.15, 0.2) is 0 Å². The highest BCUT2D eigenvalue weighted by Gasteiger charge is 2.47. The number of nitrogens with zero attached hydrogens (tertiary/aromatic N) is 2. The summed E-state index contributed by atoms with van der Waals surface area (Å²) in [5.41, 5.74) is 0.538. The third kappa shape index (κ3) is 4.22. The Kier molecular flexibility index (Phi) is 5.67. The Hall–Kier alpha value is -1.95. The van der Waals surface area contributed by atoms with E-state index in [2.05, 4.69) is 10.1 Å². The van der Waals surface area contributed by atoms with Gasteiger partial charge in [0.25, 0.3) is 0 Å². The van der Waals surface area contributed by atoms with Crippen molar-refractivity contribution in [3.63, 3.8) is 0 Å². The number of hydrogen-bond donors (Lipinski definition) is 0. The highest BCUT2D eigenvalue weighted by atomic mass is 19.1. The average molecular weight is 388 g/mol. The molecule has 2 atom stereocenters. The first-order valence-electron chi connectivity index (χ1n) is 10.5. The molecule has 1 aromatic rings. The van der Waals surface area contributed by atoms with Gasteiger partial charge in [0.1, 0.15) is 11.9 Å². The quantitative estimate of drug-likeness (QED) is 0.668. The Morgan fingerprint density at radius 1 is 1.39 bits per heavy atom. The molecule has 1 saturated heterocycles. The lowest BCUT2D eigenvalue weighted by atomic mass is 9.74. The third-order valence-corrected chi connectivity index (χ3v) is 6.11. The normalized spacial score (nSPS) is 27.9. The zero-order chi connectivity index (χ0) is 19.6. The van der Waals surface area contributed by atoms with Crippen LogP contribution < -0.4 is 0 Å². The summed E-state index contributed by atoms with van der Waals surface area (Å²) in [7, 11) is 0. The molecule has 2 fully saturated rings. The highest BCUT2D eigenvalue weighted by molar-refractivity contribution is 6.01. The van der Waals surface area contributed by atoms with Crippen molar-refractivity contribution in [1.82, 2.24) is 4.90 Å². The van der Waals surface area contributed by atoms with E-state index in [1.807, 2.05) is 6.92 Å². The first-order chi connectivity index (χ1) is 13.6. The molecule has 0 unspecified atom stereocenters. The molecule has 0 aromatic heterocycles. The van der Waals surface area contributed by atoms with Crippen LogP contribution in [0.4, 0.5) is 4.39 Å². The number of ether oxygens (including phenoxy) is 1. The Morgan fingerprint density at radius 2 is 2.21 bits per heavy atom. The fraction of sp³-hybridized carbons (Fsp3) is 0.636. The molecule has 2 heterocycles. The minimum atomic E-state index is -0.561. The van der Waals surface area contributed by atoms with E-state index in [4.69, 9.17) is 9.57 Å². The van der Waals surface area contributed by atoms with E-state index >= 15 is 0 Å². The lowest BCUT2D eigenvalue weighted by Gasteiger charge is -2.41. The zero-order valence-electron chi connectivity index (χ0n) is 16.5. The van der Waals surface area contributed by atoms with Gasteiger partial charge in [-0.05, 0) is 51.1 Å². The van der Waals surface area contributed by atoms with Gasteiger partial charge in [-0.2, -0.15) is 0 Å². The van der Waals surface area contributed by atoms with Gasteiger partial charge in [0.2, 0.25) is 0 Å². The maximum absolute atomic E-state index is 14.1. The number of rotatable bonds is 7. The van der Waals surface area contributed by atoms with Crippen molar-refractivity contribution < 1.29 is 18.8 Å². The molecule has 152 valence electrons. The minimum Gasteiger partial charge on any atom is -0.466 e. The Balaban J connectivity index is 1.46. The number of likely N-dealkylation sites (tertiary alicyclic amines) is 1. The van der Waals surface area contributed by atoms with Gasteiger partial charge >= 0.3 is 5.97 Å². The molecule has 2 aliphatic heterocycles. The average Bonchev–Trinajstić information content (AvgIpc) is 3.38. The second-order valence-corrected chi connectivity index (χ2v) is 8.44. The molecule has 0 bridgehead atoms. The van der Waals surface area contributed by atoms with E-state index in [1.165, 1.54) is 18.9 Å². The number of piperidine rings is 1. The van der Waals surface area contributed by atoms with Gasteiger partial charge < -0.3 is 14.5 Å². The first kappa shape index (κ1) is 19.4. The molecule has 3 aliphatic rings. The molecule has 4 rings (SSSR count). The van der Waals surface area contributed by atoms with Crippen molar-refractivity contribution in [2.45, 2.75) is 51.6 Å². The number of hydrogen-bond acceptors (Lipinski definition) is 5. The monoisotopic (exact) mass is 388 g/mol. The van der Waals surface area contributed by atoms with Gasteiger partial charge in [-0.15, -0.1) is 0 Å². The third-order valence-electron chi connectivity index (χ3n) is 6.11. The molecule has 1 aliphatic carbocycles. The number of oxime groups is 1. The number of halogens is 1. The van der Waals surface area contributed by atoms with Gasteiger partial charge in [-0.3, -0.25) is 4.79 Å². The van der Waals surface area contributed by atoms with Crippen LogP contribution in [-0.4, -0.2) is 48.9 Å². The van der Waals surface area contributed by atoms with Crippen molar-refractivity contribution in [3.8, 4) is 0 Å². The number of carbonyl (C=O) groups excluding carboxylic acids is 1. The Morgan fingerprint density at radius 3 is 2.96 bits per heavy atom. The molecule has 28 heavy (non-hydrogen) atoms. The van der Waals surface area contributed by atoms with E-state index in [1.54, 1.807) is 18.2 Å². The molecule has 0 radical (unpaired) electrons. The predicted octanol–water partition coefficient (Wildman–Crippen LogP) is 3.76. The van der Waals surface area contributed by atoms with Crippen LogP contribution >= 0.6 is 0 Å². The smallest absolute Gasteiger partial charge is 0.313 e. The summed E-state index contributed by atoms with van der Waals surface area (Å²) in [6.07, 6.45) is 5.25. The fourth-order valence-electron chi connectivity index (χ4n) is 4.58. The predicted molar refractivity (Wildman–Crippen MR) is 105 cm³/mol. The summed E-state index contributed by atoms with van der Waals surface area (Å²) >= 11 is 0. The van der Waals surface area contributed by atoms with Crippen LogP contribution in [0.2, 0.25) is 0 Å². The summed E-state index contributed by atoms with van der Waals surface area (Å²) in [5.74, 6) is 0.369. The Bertz CT molecular complexity index is 749. The largest absolute Gasteiger partial charge is 0.466 e. The summed E-state index contributed by atoms with van der Waals surface area (Å²) < 4.78 is 19.6. The molecular formula is C22H29FN2O3. The number of carbonyl (C=O) groups is 1. The summed E-state index contributed by atoms with van der Waals surface area (Å²) in [4.78, 5) is 21.0. The van der Waals surface area contributed by atoms with Crippen LogP contribution in [0, 0.1) is 17.2 Å². The van der Waals surface area contributed by atoms with Crippen LogP contribution in [0.15, 0.2) is 29.4 Å². The van der Waals surface area contributed by atoms with Crippen molar-refractivity contribution in [3.05, 3.63) is 35.6 Å². The Labute approximate surface area is 165 Å². The van der Waals surface area contributed by atoms with Crippen LogP contribution in [0.25, 0.3) is 0 Å². The standard InChI is InChI=1S/C22H29FN2O3/c1-2-27-21(26)22(10-5-11-25(15-22)14-16-8-9-16)13-17-12-20(24-28-17)18-6-3-4-7-19(18)23/h3-4,6-7,16-17H,2,5,8-15H2,1H3/t17-,22-/m1/s1. The molecule has 0 N–H and O–H groups in total. The molecule has 0 amide bonds. The summed E-state index contributed by atoms with van der Waals surface area (Å²) in [5, 5.41) is 4.14. The van der Waals surface area contributed by atoms with Crippen molar-refractivity contribution >= 4 is 11.7 Å². The summed E-state index contributed by atoms with van der Waals surface area (Å²) in [6, 6.07) is 6.62. The maximum atomic E-state index is 14.1. The SMILES string of the molecule is CCOC(=O)[C@@]1(C[C@H]2CC(c3ccccc3F)=NO2)CCCN(CC2CC2)C1. The zero-order valence-corrected chi connectivity index (χ0v) is 16.5. The summed E-state index contributed by atoms with van der Waals surface area (Å²) in [6.45, 7) is 5.06. The van der Waals surface area contributed by atoms with Gasteiger partial charge in [0.05, 0.1) is 17.7 Å². The number of benzene rings is 1. The van der Waals surface area contributed by atoms with Gasteiger partial charge in [0, 0.05) is 31.5 Å². The molecule has 1 aromatic carbocycles. The molecule has 0 spiro atoms. The van der Waals surface area contributed by atoms with Gasteiger partial charge in [-0.1, -0.05) is 23.4 Å². The van der Waals surface area contributed by atoms with E-state index in [-0.39, 0.29) is 17.9 Å². The molecule has 5 nitrogen and oxygen atoms in total. The van der Waals surface area contributed by atoms with Crippen molar-refractivity contribution in [2.75, 3.05) is 26.2 Å².